The van der Waals surface area contributed by atoms with Gasteiger partial charge in [-0.05, 0) is 61.3 Å². The number of phenols is 1. The molecule has 2 N–H and O–H groups in total. The summed E-state index contributed by atoms with van der Waals surface area (Å²) in [7, 11) is -3.98. The number of unbranched alkanes of at least 4 members (excludes halogenated alkanes) is 3. The van der Waals surface area contributed by atoms with Crippen molar-refractivity contribution in [2.75, 3.05) is 0 Å². The molecule has 2 unspecified atom stereocenters. The van der Waals surface area contributed by atoms with E-state index in [2.05, 4.69) is 33.8 Å². The van der Waals surface area contributed by atoms with Gasteiger partial charge in [0.15, 0.2) is 0 Å². The minimum Gasteiger partial charge on any atom is -0.507 e. The van der Waals surface area contributed by atoms with Crippen LogP contribution in [0.5, 0.6) is 11.5 Å². The van der Waals surface area contributed by atoms with Crippen molar-refractivity contribution in [2.45, 2.75) is 96.6 Å². The van der Waals surface area contributed by atoms with Crippen LogP contribution in [-0.2, 0) is 16.1 Å². The Morgan fingerprint density at radius 1 is 1.12 bits per heavy atom. The fraction of sp³-hybridized carbons (Fsp3) is 0.517. The summed E-state index contributed by atoms with van der Waals surface area (Å²) < 4.78 is 19.1. The van der Waals surface area contributed by atoms with Crippen molar-refractivity contribution in [1.82, 2.24) is 0 Å². The van der Waals surface area contributed by atoms with E-state index < -0.39 is 7.60 Å². The van der Waals surface area contributed by atoms with E-state index in [-0.39, 0.29) is 23.2 Å². The zero-order valence-electron chi connectivity index (χ0n) is 21.2. The number of allylic oxidation sites excluding steroid dienone is 2. The molecule has 1 aliphatic rings. The molecular weight excluding hydrogens is 443 g/mol. The normalized spacial score (nSPS) is 18.3. The lowest BCUT2D eigenvalue weighted by molar-refractivity contribution is 0.370. The maximum absolute atomic E-state index is 13.2. The van der Waals surface area contributed by atoms with Gasteiger partial charge in [0.2, 0.25) is 0 Å². The number of hydrogen-bond donors (Lipinski definition) is 2. The lowest BCUT2D eigenvalue weighted by atomic mass is 9.78. The minimum atomic E-state index is -3.98. The van der Waals surface area contributed by atoms with Crippen molar-refractivity contribution < 1.29 is 19.1 Å². The molecule has 0 amide bonds. The van der Waals surface area contributed by atoms with E-state index in [4.69, 9.17) is 4.52 Å². The third kappa shape index (κ3) is 7.23. The van der Waals surface area contributed by atoms with Gasteiger partial charge in [0.25, 0.3) is 0 Å². The largest absolute Gasteiger partial charge is 0.507 e. The van der Waals surface area contributed by atoms with Crippen LogP contribution >= 0.6 is 7.60 Å². The molecule has 0 fully saturated rings. The standard InChI is InChI=1S/C29H41O4P/c1-5-6-7-11-17-29(3,4)25-19-26(30)28(24-16-12-13-22(2)18-24)27(20-25)33-34(31,32)21-23-14-9-8-10-15-23/h8-10,14-15,18-20,24,30H,5-7,11-13,16-17,21H2,1-4H3,(H,31,32). The van der Waals surface area contributed by atoms with Gasteiger partial charge in [0.1, 0.15) is 11.5 Å². The van der Waals surface area contributed by atoms with Crippen LogP contribution in [-0.4, -0.2) is 10.00 Å². The summed E-state index contributed by atoms with van der Waals surface area (Å²) in [5.41, 5.74) is 3.42. The highest BCUT2D eigenvalue weighted by molar-refractivity contribution is 7.52. The lowest BCUT2D eigenvalue weighted by Gasteiger charge is -2.29. The van der Waals surface area contributed by atoms with Crippen LogP contribution in [0.15, 0.2) is 54.1 Å². The summed E-state index contributed by atoms with van der Waals surface area (Å²) in [5, 5.41) is 11.2. The zero-order chi connectivity index (χ0) is 24.8. The van der Waals surface area contributed by atoms with E-state index in [0.29, 0.717) is 11.3 Å². The molecule has 34 heavy (non-hydrogen) atoms. The topological polar surface area (TPSA) is 66.8 Å². The summed E-state index contributed by atoms with van der Waals surface area (Å²) in [4.78, 5) is 10.8. The Labute approximate surface area is 205 Å². The monoisotopic (exact) mass is 484 g/mol. The second-order valence-corrected chi connectivity index (χ2v) is 12.3. The van der Waals surface area contributed by atoms with Crippen LogP contribution in [0.1, 0.15) is 102 Å². The molecule has 186 valence electrons. The van der Waals surface area contributed by atoms with Crippen LogP contribution in [0.2, 0.25) is 0 Å². The molecule has 2 atom stereocenters. The zero-order valence-corrected chi connectivity index (χ0v) is 22.1. The Kier molecular flexibility index (Phi) is 9.07. The van der Waals surface area contributed by atoms with Gasteiger partial charge in [-0.3, -0.25) is 0 Å². The first kappa shape index (κ1) is 26.6. The molecule has 2 aromatic carbocycles. The summed E-state index contributed by atoms with van der Waals surface area (Å²) in [5.74, 6) is 0.473. The van der Waals surface area contributed by atoms with Crippen LogP contribution in [0.25, 0.3) is 0 Å². The van der Waals surface area contributed by atoms with E-state index >= 15 is 0 Å². The predicted octanol–water partition coefficient (Wildman–Crippen LogP) is 8.62. The highest BCUT2D eigenvalue weighted by Gasteiger charge is 2.31. The van der Waals surface area contributed by atoms with Gasteiger partial charge in [0, 0.05) is 11.5 Å². The molecular formula is C29H41O4P. The molecule has 0 aliphatic heterocycles. The fourth-order valence-corrected chi connectivity index (χ4v) is 6.12. The summed E-state index contributed by atoms with van der Waals surface area (Å²) in [6.45, 7) is 8.65. The van der Waals surface area contributed by atoms with E-state index in [0.717, 1.165) is 43.2 Å². The summed E-state index contributed by atoms with van der Waals surface area (Å²) in [6.07, 6.45) is 10.7. The van der Waals surface area contributed by atoms with Crippen LogP contribution in [0.4, 0.5) is 0 Å². The first-order valence-corrected chi connectivity index (χ1v) is 14.5. The van der Waals surface area contributed by atoms with Crippen molar-refractivity contribution in [3.05, 3.63) is 70.8 Å². The van der Waals surface area contributed by atoms with Crippen LogP contribution < -0.4 is 4.52 Å². The summed E-state index contributed by atoms with van der Waals surface area (Å²) in [6, 6.07) is 13.0. The quantitative estimate of drug-likeness (QED) is 0.190. The Hall–Kier alpha value is -2.03. The highest BCUT2D eigenvalue weighted by atomic mass is 31.2. The lowest BCUT2D eigenvalue weighted by Crippen LogP contribution is -2.18. The number of rotatable bonds is 11. The molecule has 0 spiro atoms. The number of phenolic OH excluding ortho intramolecular Hbond substituents is 1. The molecule has 0 aromatic heterocycles. The Morgan fingerprint density at radius 2 is 1.85 bits per heavy atom. The van der Waals surface area contributed by atoms with Gasteiger partial charge < -0.3 is 14.5 Å². The molecule has 0 bridgehead atoms. The van der Waals surface area contributed by atoms with Gasteiger partial charge >= 0.3 is 7.60 Å². The molecule has 0 saturated carbocycles. The van der Waals surface area contributed by atoms with Crippen molar-refractivity contribution in [2.24, 2.45) is 0 Å². The van der Waals surface area contributed by atoms with Gasteiger partial charge in [-0.2, -0.15) is 0 Å². The second-order valence-electron chi connectivity index (χ2n) is 10.5. The molecule has 2 aromatic rings. The predicted molar refractivity (Wildman–Crippen MR) is 141 cm³/mol. The smallest absolute Gasteiger partial charge is 0.380 e. The Balaban J connectivity index is 1.97. The molecule has 0 heterocycles. The highest BCUT2D eigenvalue weighted by Crippen LogP contribution is 2.52. The van der Waals surface area contributed by atoms with Crippen molar-refractivity contribution in [3.8, 4) is 11.5 Å². The van der Waals surface area contributed by atoms with Gasteiger partial charge in [0.05, 0.1) is 6.16 Å². The molecule has 4 nitrogen and oxygen atoms in total. The molecule has 0 saturated heterocycles. The maximum Gasteiger partial charge on any atom is 0.380 e. The SMILES string of the molecule is CCCCCCC(C)(C)c1cc(O)c(C2C=C(C)CCC2)c(OP(=O)(O)Cc2ccccc2)c1. The molecule has 1 aliphatic carbocycles. The first-order chi connectivity index (χ1) is 16.1. The Bertz CT molecular complexity index is 1030. The van der Waals surface area contributed by atoms with Crippen molar-refractivity contribution in [1.29, 1.82) is 0 Å². The molecule has 3 rings (SSSR count). The van der Waals surface area contributed by atoms with Crippen molar-refractivity contribution >= 4 is 7.60 Å². The fourth-order valence-electron chi connectivity index (χ4n) is 4.93. The van der Waals surface area contributed by atoms with E-state index in [1.807, 2.05) is 42.5 Å². The van der Waals surface area contributed by atoms with E-state index in [1.165, 1.54) is 24.8 Å². The average Bonchev–Trinajstić information content (AvgIpc) is 2.76. The Morgan fingerprint density at radius 3 is 2.53 bits per heavy atom. The van der Waals surface area contributed by atoms with Gasteiger partial charge in [-0.1, -0.05) is 88.4 Å². The maximum atomic E-state index is 13.2. The molecule has 0 radical (unpaired) electrons. The first-order valence-electron chi connectivity index (χ1n) is 12.7. The van der Waals surface area contributed by atoms with Gasteiger partial charge in [-0.15, -0.1) is 0 Å². The molecule has 5 heteroatoms. The van der Waals surface area contributed by atoms with Crippen molar-refractivity contribution in [3.63, 3.8) is 0 Å². The number of hydrogen-bond acceptors (Lipinski definition) is 3. The number of benzene rings is 2. The third-order valence-electron chi connectivity index (χ3n) is 6.97. The second kappa shape index (κ2) is 11.6. The van der Waals surface area contributed by atoms with E-state index in [9.17, 15) is 14.6 Å². The third-order valence-corrected chi connectivity index (χ3v) is 8.21. The van der Waals surface area contributed by atoms with Crippen LogP contribution in [0.3, 0.4) is 0 Å². The van der Waals surface area contributed by atoms with Crippen LogP contribution in [0, 0.1) is 0 Å². The number of aromatic hydroxyl groups is 1. The average molecular weight is 485 g/mol. The minimum absolute atomic E-state index is 0.0257. The van der Waals surface area contributed by atoms with E-state index in [1.54, 1.807) is 0 Å². The van der Waals surface area contributed by atoms with Gasteiger partial charge in [-0.25, -0.2) is 4.57 Å². The summed E-state index contributed by atoms with van der Waals surface area (Å²) >= 11 is 0.